The van der Waals surface area contributed by atoms with Crippen molar-refractivity contribution in [2.45, 2.75) is 26.2 Å². The molecule has 0 fully saturated rings. The smallest absolute Gasteiger partial charge is 0.161 e. The first-order valence-corrected chi connectivity index (χ1v) is 5.85. The van der Waals surface area contributed by atoms with Crippen LogP contribution in [0.25, 0.3) is 11.0 Å². The SMILES string of the molecule is CCCCCNc1ccnc2ncccc12. The maximum Gasteiger partial charge on any atom is 0.161 e. The van der Waals surface area contributed by atoms with E-state index in [2.05, 4.69) is 28.3 Å². The quantitative estimate of drug-likeness (QED) is 0.778. The number of rotatable bonds is 5. The van der Waals surface area contributed by atoms with Crippen molar-refractivity contribution in [1.29, 1.82) is 0 Å². The number of aromatic nitrogens is 2. The highest BCUT2D eigenvalue weighted by Gasteiger charge is 2.00. The zero-order chi connectivity index (χ0) is 11.2. The van der Waals surface area contributed by atoms with E-state index in [0.717, 1.165) is 23.3 Å². The predicted octanol–water partition coefficient (Wildman–Crippen LogP) is 3.23. The van der Waals surface area contributed by atoms with Crippen LogP contribution >= 0.6 is 0 Å². The number of pyridine rings is 2. The van der Waals surface area contributed by atoms with Crippen molar-refractivity contribution < 1.29 is 0 Å². The molecule has 3 nitrogen and oxygen atoms in total. The molecule has 0 saturated carbocycles. The molecule has 0 spiro atoms. The molecule has 0 radical (unpaired) electrons. The van der Waals surface area contributed by atoms with E-state index in [9.17, 15) is 0 Å². The van der Waals surface area contributed by atoms with Crippen molar-refractivity contribution in [3.63, 3.8) is 0 Å². The second-order valence-electron chi connectivity index (χ2n) is 3.87. The fraction of sp³-hybridized carbons (Fsp3) is 0.385. The molecule has 0 aromatic carbocycles. The van der Waals surface area contributed by atoms with Crippen molar-refractivity contribution in [3.8, 4) is 0 Å². The monoisotopic (exact) mass is 215 g/mol. The van der Waals surface area contributed by atoms with Gasteiger partial charge in [0.1, 0.15) is 0 Å². The summed E-state index contributed by atoms with van der Waals surface area (Å²) < 4.78 is 0. The minimum Gasteiger partial charge on any atom is -0.384 e. The van der Waals surface area contributed by atoms with Gasteiger partial charge in [-0.3, -0.25) is 0 Å². The molecule has 3 heteroatoms. The lowest BCUT2D eigenvalue weighted by Gasteiger charge is -2.08. The molecule has 0 aliphatic carbocycles. The van der Waals surface area contributed by atoms with E-state index in [-0.39, 0.29) is 0 Å². The third-order valence-corrected chi connectivity index (χ3v) is 2.61. The molecule has 0 amide bonds. The standard InChI is InChI=1S/C13H17N3/c1-2-3-4-8-14-12-7-10-16-13-11(12)6-5-9-15-13/h5-7,9-10H,2-4,8H2,1H3,(H,14,15,16). The molecule has 0 saturated heterocycles. The van der Waals surface area contributed by atoms with Gasteiger partial charge in [0.25, 0.3) is 0 Å². The van der Waals surface area contributed by atoms with Gasteiger partial charge in [0, 0.05) is 30.0 Å². The van der Waals surface area contributed by atoms with Crippen LogP contribution in [-0.2, 0) is 0 Å². The molecule has 0 unspecified atom stereocenters. The van der Waals surface area contributed by atoms with Crippen molar-refractivity contribution in [1.82, 2.24) is 9.97 Å². The van der Waals surface area contributed by atoms with Crippen LogP contribution in [0.3, 0.4) is 0 Å². The van der Waals surface area contributed by atoms with Gasteiger partial charge in [-0.05, 0) is 24.6 Å². The molecule has 16 heavy (non-hydrogen) atoms. The summed E-state index contributed by atoms with van der Waals surface area (Å²) in [5.41, 5.74) is 1.94. The van der Waals surface area contributed by atoms with Crippen LogP contribution in [0.15, 0.2) is 30.6 Å². The Morgan fingerprint density at radius 2 is 2.00 bits per heavy atom. The largest absolute Gasteiger partial charge is 0.384 e. The summed E-state index contributed by atoms with van der Waals surface area (Å²) in [4.78, 5) is 8.47. The van der Waals surface area contributed by atoms with Crippen LogP contribution < -0.4 is 5.32 Å². The molecule has 2 aromatic heterocycles. The fourth-order valence-electron chi connectivity index (χ4n) is 1.73. The second-order valence-corrected chi connectivity index (χ2v) is 3.87. The molecular formula is C13H17N3. The van der Waals surface area contributed by atoms with Gasteiger partial charge in [-0.1, -0.05) is 19.8 Å². The first-order valence-electron chi connectivity index (χ1n) is 5.85. The highest BCUT2D eigenvalue weighted by atomic mass is 14.9. The average molecular weight is 215 g/mol. The molecule has 2 rings (SSSR count). The normalized spacial score (nSPS) is 10.6. The number of hydrogen-bond acceptors (Lipinski definition) is 3. The van der Waals surface area contributed by atoms with Crippen LogP contribution in [0.4, 0.5) is 5.69 Å². The Balaban J connectivity index is 2.11. The summed E-state index contributed by atoms with van der Waals surface area (Å²) in [5, 5.41) is 4.54. The molecule has 84 valence electrons. The van der Waals surface area contributed by atoms with Gasteiger partial charge < -0.3 is 5.32 Å². The molecular weight excluding hydrogens is 198 g/mol. The Morgan fingerprint density at radius 3 is 2.88 bits per heavy atom. The zero-order valence-corrected chi connectivity index (χ0v) is 9.61. The molecule has 0 bridgehead atoms. The van der Waals surface area contributed by atoms with Gasteiger partial charge in [0.05, 0.1) is 0 Å². The van der Waals surface area contributed by atoms with Gasteiger partial charge in [0.15, 0.2) is 5.65 Å². The van der Waals surface area contributed by atoms with E-state index in [4.69, 9.17) is 0 Å². The summed E-state index contributed by atoms with van der Waals surface area (Å²) in [5.74, 6) is 0. The molecule has 0 aliphatic heterocycles. The summed E-state index contributed by atoms with van der Waals surface area (Å²) >= 11 is 0. The van der Waals surface area contributed by atoms with Crippen molar-refractivity contribution in [3.05, 3.63) is 30.6 Å². The van der Waals surface area contributed by atoms with Crippen LogP contribution in [0, 0.1) is 0 Å². The summed E-state index contributed by atoms with van der Waals surface area (Å²) in [6.45, 7) is 3.23. The van der Waals surface area contributed by atoms with Crippen molar-refractivity contribution >= 4 is 16.7 Å². The third-order valence-electron chi connectivity index (χ3n) is 2.61. The Labute approximate surface area is 95.9 Å². The zero-order valence-electron chi connectivity index (χ0n) is 9.61. The van der Waals surface area contributed by atoms with E-state index in [1.165, 1.54) is 19.3 Å². The van der Waals surface area contributed by atoms with E-state index >= 15 is 0 Å². The lowest BCUT2D eigenvalue weighted by molar-refractivity contribution is 0.744. The maximum atomic E-state index is 4.24. The lowest BCUT2D eigenvalue weighted by Crippen LogP contribution is -2.02. The first kappa shape index (κ1) is 10.9. The van der Waals surface area contributed by atoms with E-state index < -0.39 is 0 Å². The van der Waals surface area contributed by atoms with Gasteiger partial charge in [-0.2, -0.15) is 0 Å². The summed E-state index contributed by atoms with van der Waals surface area (Å²) in [6, 6.07) is 6.01. The maximum absolute atomic E-state index is 4.24. The summed E-state index contributed by atoms with van der Waals surface area (Å²) in [7, 11) is 0. The average Bonchev–Trinajstić information content (AvgIpc) is 2.35. The van der Waals surface area contributed by atoms with Crippen molar-refractivity contribution in [2.75, 3.05) is 11.9 Å². The van der Waals surface area contributed by atoms with E-state index in [1.54, 1.807) is 12.4 Å². The van der Waals surface area contributed by atoms with Gasteiger partial charge in [-0.25, -0.2) is 9.97 Å². The van der Waals surface area contributed by atoms with E-state index in [0.29, 0.717) is 0 Å². The topological polar surface area (TPSA) is 37.8 Å². The van der Waals surface area contributed by atoms with Gasteiger partial charge in [-0.15, -0.1) is 0 Å². The molecule has 2 heterocycles. The number of hydrogen-bond donors (Lipinski definition) is 1. The first-order chi connectivity index (χ1) is 7.92. The van der Waals surface area contributed by atoms with Crippen LogP contribution in [0.1, 0.15) is 26.2 Å². The van der Waals surface area contributed by atoms with E-state index in [1.807, 2.05) is 12.1 Å². The highest BCUT2D eigenvalue weighted by Crippen LogP contribution is 2.19. The minimum absolute atomic E-state index is 0.808. The number of fused-ring (bicyclic) bond motifs is 1. The second kappa shape index (κ2) is 5.45. The predicted molar refractivity (Wildman–Crippen MR) is 67.6 cm³/mol. The van der Waals surface area contributed by atoms with Gasteiger partial charge >= 0.3 is 0 Å². The van der Waals surface area contributed by atoms with Crippen LogP contribution in [-0.4, -0.2) is 16.5 Å². The van der Waals surface area contributed by atoms with Crippen LogP contribution in [0.5, 0.6) is 0 Å². The number of anilines is 1. The Bertz CT molecular complexity index is 448. The molecule has 1 N–H and O–H groups in total. The number of nitrogens with zero attached hydrogens (tertiary/aromatic N) is 2. The van der Waals surface area contributed by atoms with Gasteiger partial charge in [0.2, 0.25) is 0 Å². The molecule has 0 atom stereocenters. The van der Waals surface area contributed by atoms with Crippen LogP contribution in [0.2, 0.25) is 0 Å². The lowest BCUT2D eigenvalue weighted by atomic mass is 10.2. The fourth-order valence-corrected chi connectivity index (χ4v) is 1.73. The van der Waals surface area contributed by atoms with Crippen molar-refractivity contribution in [2.24, 2.45) is 0 Å². The molecule has 2 aromatic rings. The Morgan fingerprint density at radius 1 is 1.12 bits per heavy atom. The Hall–Kier alpha value is -1.64. The molecule has 0 aliphatic rings. The number of nitrogens with one attached hydrogen (secondary N) is 1. The third kappa shape index (κ3) is 2.48. The minimum atomic E-state index is 0.808. The highest BCUT2D eigenvalue weighted by molar-refractivity contribution is 5.88. The number of unbranched alkanes of at least 4 members (excludes halogenated alkanes) is 2. The summed E-state index contributed by atoms with van der Waals surface area (Å²) in [6.07, 6.45) is 7.31. The Kier molecular flexibility index (Phi) is 3.70.